The van der Waals surface area contributed by atoms with E-state index in [-0.39, 0.29) is 13.0 Å². The predicted molar refractivity (Wildman–Crippen MR) is 68.8 cm³/mol. The zero-order valence-corrected chi connectivity index (χ0v) is 11.6. The Morgan fingerprint density at radius 1 is 1.37 bits per heavy atom. The maximum atomic E-state index is 13.7. The first-order valence-electron chi connectivity index (χ1n) is 5.90. The van der Waals surface area contributed by atoms with E-state index in [1.54, 1.807) is 19.9 Å². The van der Waals surface area contributed by atoms with Crippen molar-refractivity contribution in [1.82, 2.24) is 0 Å². The highest BCUT2D eigenvalue weighted by atomic mass is 19.1. The van der Waals surface area contributed by atoms with E-state index in [9.17, 15) is 9.18 Å². The molecule has 1 aromatic carbocycles. The minimum Gasteiger partial charge on any atom is -0.496 e. The van der Waals surface area contributed by atoms with Crippen molar-refractivity contribution in [3.05, 3.63) is 29.1 Å². The van der Waals surface area contributed by atoms with Crippen molar-refractivity contribution in [2.24, 2.45) is 5.41 Å². The van der Waals surface area contributed by atoms with Gasteiger partial charge in [-0.3, -0.25) is 4.79 Å². The third kappa shape index (κ3) is 3.44. The summed E-state index contributed by atoms with van der Waals surface area (Å²) in [6.45, 7) is 3.32. The maximum absolute atomic E-state index is 13.7. The third-order valence-corrected chi connectivity index (χ3v) is 2.99. The summed E-state index contributed by atoms with van der Waals surface area (Å²) in [4.78, 5) is 11.2. The van der Waals surface area contributed by atoms with Crippen LogP contribution in [0.3, 0.4) is 0 Å². The molecule has 106 valence electrons. The number of benzene rings is 1. The van der Waals surface area contributed by atoms with Gasteiger partial charge in [0.1, 0.15) is 11.6 Å². The Balaban J connectivity index is 3.22. The molecule has 0 fully saturated rings. The molecule has 0 aliphatic carbocycles. The highest BCUT2D eigenvalue weighted by Crippen LogP contribution is 2.32. The summed E-state index contributed by atoms with van der Waals surface area (Å²) in [5.74, 6) is -0.973. The van der Waals surface area contributed by atoms with Crippen molar-refractivity contribution >= 4 is 5.97 Å². The van der Waals surface area contributed by atoms with Crippen LogP contribution in [0, 0.1) is 11.2 Å². The first-order chi connectivity index (χ1) is 8.83. The van der Waals surface area contributed by atoms with Crippen LogP contribution in [0.25, 0.3) is 0 Å². The lowest BCUT2D eigenvalue weighted by Crippen LogP contribution is -2.26. The summed E-state index contributed by atoms with van der Waals surface area (Å²) in [7, 11) is 2.90. The predicted octanol–water partition coefficient (Wildman–Crippen LogP) is 2.63. The number of carboxylic acid groups (broad SMARTS) is 1. The average Bonchev–Trinajstić information content (AvgIpc) is 2.33. The quantitative estimate of drug-likeness (QED) is 0.863. The fourth-order valence-electron chi connectivity index (χ4n) is 1.88. The SMILES string of the molecule is COCc1c(F)ccc(CC(C)(C)C(=O)O)c1OC. The van der Waals surface area contributed by atoms with E-state index < -0.39 is 17.2 Å². The molecule has 0 heterocycles. The van der Waals surface area contributed by atoms with Gasteiger partial charge in [0.15, 0.2) is 0 Å². The number of carbonyl (C=O) groups is 1. The van der Waals surface area contributed by atoms with Crippen molar-refractivity contribution in [3.63, 3.8) is 0 Å². The molecular weight excluding hydrogens is 251 g/mol. The number of ether oxygens (including phenoxy) is 2. The smallest absolute Gasteiger partial charge is 0.309 e. The van der Waals surface area contributed by atoms with Crippen molar-refractivity contribution in [2.75, 3.05) is 14.2 Å². The van der Waals surface area contributed by atoms with Gasteiger partial charge in [-0.15, -0.1) is 0 Å². The lowest BCUT2D eigenvalue weighted by Gasteiger charge is -2.22. The van der Waals surface area contributed by atoms with Crippen molar-refractivity contribution in [1.29, 1.82) is 0 Å². The molecule has 1 rings (SSSR count). The molecule has 5 heteroatoms. The molecule has 0 saturated heterocycles. The van der Waals surface area contributed by atoms with E-state index in [1.165, 1.54) is 20.3 Å². The molecule has 0 saturated carbocycles. The fourth-order valence-corrected chi connectivity index (χ4v) is 1.88. The Morgan fingerprint density at radius 2 is 2.00 bits per heavy atom. The van der Waals surface area contributed by atoms with E-state index in [1.807, 2.05) is 0 Å². The summed E-state index contributed by atoms with van der Waals surface area (Å²) >= 11 is 0. The summed E-state index contributed by atoms with van der Waals surface area (Å²) in [5, 5.41) is 9.15. The topological polar surface area (TPSA) is 55.8 Å². The Kier molecular flexibility index (Phi) is 4.89. The number of hydrogen-bond acceptors (Lipinski definition) is 3. The third-order valence-electron chi connectivity index (χ3n) is 2.99. The molecule has 0 aliphatic rings. The van der Waals surface area contributed by atoms with Gasteiger partial charge in [-0.25, -0.2) is 4.39 Å². The van der Waals surface area contributed by atoms with Gasteiger partial charge in [-0.1, -0.05) is 6.07 Å². The van der Waals surface area contributed by atoms with E-state index in [2.05, 4.69) is 0 Å². The number of halogens is 1. The van der Waals surface area contributed by atoms with Gasteiger partial charge in [0, 0.05) is 7.11 Å². The number of hydrogen-bond donors (Lipinski definition) is 1. The molecule has 0 aliphatic heterocycles. The number of rotatable bonds is 6. The van der Waals surface area contributed by atoms with Crippen LogP contribution in [-0.4, -0.2) is 25.3 Å². The number of methoxy groups -OCH3 is 2. The van der Waals surface area contributed by atoms with Gasteiger partial charge in [-0.2, -0.15) is 0 Å². The molecule has 0 spiro atoms. The molecule has 0 atom stereocenters. The van der Waals surface area contributed by atoms with Crippen molar-refractivity contribution < 1.29 is 23.8 Å². The Bertz CT molecular complexity index is 469. The molecule has 0 radical (unpaired) electrons. The largest absolute Gasteiger partial charge is 0.496 e. The first kappa shape index (κ1) is 15.4. The monoisotopic (exact) mass is 270 g/mol. The summed E-state index contributed by atoms with van der Waals surface area (Å²) in [6, 6.07) is 2.86. The zero-order chi connectivity index (χ0) is 14.6. The maximum Gasteiger partial charge on any atom is 0.309 e. The molecule has 19 heavy (non-hydrogen) atoms. The zero-order valence-electron chi connectivity index (χ0n) is 11.6. The Labute approximate surface area is 112 Å². The highest BCUT2D eigenvalue weighted by molar-refractivity contribution is 5.74. The van der Waals surface area contributed by atoms with Gasteiger partial charge in [0.25, 0.3) is 0 Å². The number of aliphatic carboxylic acids is 1. The standard InChI is InChI=1S/C14H19FO4/c1-14(2,13(16)17)7-9-5-6-11(15)10(8-18-3)12(9)19-4/h5-6H,7-8H2,1-4H3,(H,16,17). The van der Waals surface area contributed by atoms with Crippen molar-refractivity contribution in [2.45, 2.75) is 26.9 Å². The minimum atomic E-state index is -0.949. The number of carboxylic acids is 1. The van der Waals surface area contributed by atoms with E-state index >= 15 is 0 Å². The normalized spacial score (nSPS) is 11.4. The van der Waals surface area contributed by atoms with Gasteiger partial charge in [-0.05, 0) is 31.9 Å². The summed E-state index contributed by atoms with van der Waals surface area (Å²) < 4.78 is 23.9. The molecule has 0 bridgehead atoms. The summed E-state index contributed by atoms with van der Waals surface area (Å²) in [5.41, 5.74) is 0.0159. The van der Waals surface area contributed by atoms with E-state index in [0.717, 1.165) is 0 Å². The van der Waals surface area contributed by atoms with Crippen LogP contribution in [0.4, 0.5) is 4.39 Å². The molecule has 1 aromatic rings. The summed E-state index contributed by atoms with van der Waals surface area (Å²) in [6.07, 6.45) is 0.252. The second-order valence-electron chi connectivity index (χ2n) is 5.02. The van der Waals surface area contributed by atoms with Crippen LogP contribution in [-0.2, 0) is 22.6 Å². The van der Waals surface area contributed by atoms with Crippen LogP contribution in [0.15, 0.2) is 12.1 Å². The van der Waals surface area contributed by atoms with Gasteiger partial charge < -0.3 is 14.6 Å². The molecule has 0 unspecified atom stereocenters. The van der Waals surface area contributed by atoms with Gasteiger partial charge in [0.05, 0.1) is 24.7 Å². The molecule has 0 aromatic heterocycles. The molecular formula is C14H19FO4. The Hall–Kier alpha value is -1.62. The van der Waals surface area contributed by atoms with Crippen LogP contribution < -0.4 is 4.74 Å². The second kappa shape index (κ2) is 6.02. The lowest BCUT2D eigenvalue weighted by atomic mass is 9.85. The highest BCUT2D eigenvalue weighted by Gasteiger charge is 2.29. The molecule has 4 nitrogen and oxygen atoms in total. The first-order valence-corrected chi connectivity index (χ1v) is 5.90. The molecule has 1 N–H and O–H groups in total. The Morgan fingerprint density at radius 3 is 2.47 bits per heavy atom. The van der Waals surface area contributed by atoms with E-state index in [0.29, 0.717) is 16.9 Å². The van der Waals surface area contributed by atoms with Crippen LogP contribution >= 0.6 is 0 Å². The minimum absolute atomic E-state index is 0.0797. The van der Waals surface area contributed by atoms with Gasteiger partial charge in [0.2, 0.25) is 0 Å². The molecule has 0 amide bonds. The van der Waals surface area contributed by atoms with Crippen molar-refractivity contribution in [3.8, 4) is 5.75 Å². The van der Waals surface area contributed by atoms with Crippen LogP contribution in [0.1, 0.15) is 25.0 Å². The van der Waals surface area contributed by atoms with Gasteiger partial charge >= 0.3 is 5.97 Å². The lowest BCUT2D eigenvalue weighted by molar-refractivity contribution is -0.146. The van der Waals surface area contributed by atoms with E-state index in [4.69, 9.17) is 14.6 Å². The fraction of sp³-hybridized carbons (Fsp3) is 0.500. The van der Waals surface area contributed by atoms with Crippen LogP contribution in [0.2, 0.25) is 0 Å². The average molecular weight is 270 g/mol. The van der Waals surface area contributed by atoms with Crippen LogP contribution in [0.5, 0.6) is 5.75 Å². The second-order valence-corrected chi connectivity index (χ2v) is 5.02.